The number of carbonyl (C=O) groups excluding carboxylic acids is 1. The number of ether oxygens (including phenoxy) is 3. The van der Waals surface area contributed by atoms with Gasteiger partial charge in [0.05, 0.1) is 27.1 Å². The van der Waals surface area contributed by atoms with Gasteiger partial charge < -0.3 is 14.2 Å². The van der Waals surface area contributed by atoms with E-state index in [4.69, 9.17) is 19.2 Å². The van der Waals surface area contributed by atoms with Gasteiger partial charge in [0.2, 0.25) is 5.16 Å². The van der Waals surface area contributed by atoms with Crippen LogP contribution in [-0.4, -0.2) is 48.0 Å². The minimum Gasteiger partial charge on any atom is -0.497 e. The third-order valence-electron chi connectivity index (χ3n) is 5.14. The fourth-order valence-electron chi connectivity index (χ4n) is 3.41. The Morgan fingerprint density at radius 2 is 1.32 bits per heavy atom. The molecule has 0 fully saturated rings. The number of thioether (sulfide) groups is 1. The molecule has 0 aliphatic heterocycles. The van der Waals surface area contributed by atoms with E-state index >= 15 is 0 Å². The molecule has 0 aliphatic rings. The van der Waals surface area contributed by atoms with Crippen LogP contribution in [0.5, 0.6) is 17.2 Å². The standard InChI is InChI=1S/C26H23N3O4S/c1-31-18-14-12-17(13-15-18)21(30)16-34-26-27-24(19-8-4-6-10-22(19)32-2)25(28-29-26)20-9-5-7-11-23(20)33-3/h4-15H,16H2,1-3H3. The Morgan fingerprint density at radius 1 is 0.735 bits per heavy atom. The van der Waals surface area contributed by atoms with E-state index in [2.05, 4.69) is 10.2 Å². The number of ketones is 1. The highest BCUT2D eigenvalue weighted by Gasteiger charge is 2.20. The normalized spacial score (nSPS) is 10.6. The number of para-hydroxylation sites is 2. The number of carbonyl (C=O) groups is 1. The van der Waals surface area contributed by atoms with E-state index in [1.165, 1.54) is 11.8 Å². The van der Waals surface area contributed by atoms with Gasteiger partial charge in [0.1, 0.15) is 28.6 Å². The molecule has 1 heterocycles. The molecular weight excluding hydrogens is 450 g/mol. The fraction of sp³-hybridized carbons (Fsp3) is 0.154. The molecule has 0 radical (unpaired) electrons. The maximum absolute atomic E-state index is 12.7. The largest absolute Gasteiger partial charge is 0.497 e. The molecule has 3 aromatic carbocycles. The first-order valence-electron chi connectivity index (χ1n) is 10.5. The molecule has 0 unspecified atom stereocenters. The van der Waals surface area contributed by atoms with Gasteiger partial charge in [-0.25, -0.2) is 4.98 Å². The van der Waals surface area contributed by atoms with Crippen LogP contribution in [0.15, 0.2) is 78.0 Å². The molecule has 0 saturated carbocycles. The third kappa shape index (κ3) is 5.02. The first-order chi connectivity index (χ1) is 16.6. The van der Waals surface area contributed by atoms with Crippen LogP contribution in [0.4, 0.5) is 0 Å². The molecule has 8 heteroatoms. The monoisotopic (exact) mass is 473 g/mol. The highest BCUT2D eigenvalue weighted by Crippen LogP contribution is 2.38. The van der Waals surface area contributed by atoms with Gasteiger partial charge in [-0.1, -0.05) is 36.0 Å². The highest BCUT2D eigenvalue weighted by atomic mass is 32.2. The van der Waals surface area contributed by atoms with Gasteiger partial charge in [0, 0.05) is 16.7 Å². The van der Waals surface area contributed by atoms with Gasteiger partial charge in [-0.15, -0.1) is 10.2 Å². The number of methoxy groups -OCH3 is 3. The second-order valence-electron chi connectivity index (χ2n) is 7.13. The number of rotatable bonds is 9. The van der Waals surface area contributed by atoms with Crippen LogP contribution in [0.1, 0.15) is 10.4 Å². The van der Waals surface area contributed by atoms with Gasteiger partial charge in [-0.2, -0.15) is 0 Å². The average molecular weight is 474 g/mol. The zero-order valence-electron chi connectivity index (χ0n) is 19.0. The van der Waals surface area contributed by atoms with Crippen molar-refractivity contribution in [2.75, 3.05) is 27.1 Å². The van der Waals surface area contributed by atoms with Gasteiger partial charge in [0.25, 0.3) is 0 Å². The van der Waals surface area contributed by atoms with E-state index in [-0.39, 0.29) is 11.5 Å². The summed E-state index contributed by atoms with van der Waals surface area (Å²) in [7, 11) is 4.81. The lowest BCUT2D eigenvalue weighted by Gasteiger charge is -2.14. The molecule has 0 amide bonds. The second-order valence-corrected chi connectivity index (χ2v) is 8.08. The quantitative estimate of drug-likeness (QED) is 0.242. The molecule has 0 spiro atoms. The van der Waals surface area contributed by atoms with Crippen molar-refractivity contribution in [3.05, 3.63) is 78.4 Å². The number of nitrogens with zero attached hydrogens (tertiary/aromatic N) is 3. The zero-order valence-corrected chi connectivity index (χ0v) is 19.8. The molecule has 0 atom stereocenters. The average Bonchev–Trinajstić information content (AvgIpc) is 2.91. The topological polar surface area (TPSA) is 83.4 Å². The van der Waals surface area contributed by atoms with Gasteiger partial charge in [0.15, 0.2) is 5.78 Å². The van der Waals surface area contributed by atoms with E-state index in [1.54, 1.807) is 45.6 Å². The summed E-state index contributed by atoms with van der Waals surface area (Å²) in [5.41, 5.74) is 3.28. The minimum absolute atomic E-state index is 0.0381. The van der Waals surface area contributed by atoms with Crippen molar-refractivity contribution in [2.45, 2.75) is 5.16 Å². The van der Waals surface area contributed by atoms with E-state index in [1.807, 2.05) is 48.5 Å². The Morgan fingerprint density at radius 3 is 1.91 bits per heavy atom. The van der Waals surface area contributed by atoms with Crippen molar-refractivity contribution in [3.8, 4) is 39.8 Å². The first-order valence-corrected chi connectivity index (χ1v) is 11.4. The molecule has 0 N–H and O–H groups in total. The van der Waals surface area contributed by atoms with Gasteiger partial charge in [-0.05, 0) is 48.5 Å². The van der Waals surface area contributed by atoms with Crippen LogP contribution >= 0.6 is 11.8 Å². The van der Waals surface area contributed by atoms with E-state index in [0.29, 0.717) is 39.4 Å². The van der Waals surface area contributed by atoms with Crippen molar-refractivity contribution in [2.24, 2.45) is 0 Å². The third-order valence-corrected chi connectivity index (χ3v) is 5.97. The molecule has 4 aromatic rings. The minimum atomic E-state index is -0.0381. The first kappa shape index (κ1) is 23.3. The van der Waals surface area contributed by atoms with Crippen LogP contribution in [0, 0.1) is 0 Å². The van der Waals surface area contributed by atoms with Crippen LogP contribution in [0.25, 0.3) is 22.5 Å². The number of Topliss-reactive ketones (excluding diaryl/α,β-unsaturated/α-hetero) is 1. The predicted molar refractivity (Wildman–Crippen MR) is 132 cm³/mol. The number of hydrogen-bond donors (Lipinski definition) is 0. The lowest BCUT2D eigenvalue weighted by molar-refractivity contribution is 0.102. The van der Waals surface area contributed by atoms with E-state index < -0.39 is 0 Å². The number of hydrogen-bond acceptors (Lipinski definition) is 8. The van der Waals surface area contributed by atoms with Crippen LogP contribution in [-0.2, 0) is 0 Å². The Kier molecular flexibility index (Phi) is 7.39. The summed E-state index contributed by atoms with van der Waals surface area (Å²) in [5, 5.41) is 9.17. The maximum Gasteiger partial charge on any atom is 0.210 e. The Balaban J connectivity index is 1.69. The SMILES string of the molecule is COc1ccc(C(=O)CSc2nnc(-c3ccccc3OC)c(-c3ccccc3OC)n2)cc1. The molecule has 1 aromatic heterocycles. The molecule has 0 aliphatic carbocycles. The summed E-state index contributed by atoms with van der Waals surface area (Å²) in [6.07, 6.45) is 0. The summed E-state index contributed by atoms with van der Waals surface area (Å²) in [5.74, 6) is 2.15. The Labute approximate surface area is 202 Å². The smallest absolute Gasteiger partial charge is 0.210 e. The highest BCUT2D eigenvalue weighted by molar-refractivity contribution is 7.99. The van der Waals surface area contributed by atoms with Crippen LogP contribution in [0.2, 0.25) is 0 Å². The van der Waals surface area contributed by atoms with Crippen LogP contribution < -0.4 is 14.2 Å². The van der Waals surface area contributed by atoms with Gasteiger partial charge in [-0.3, -0.25) is 4.79 Å². The number of aromatic nitrogens is 3. The summed E-state index contributed by atoms with van der Waals surface area (Å²) in [4.78, 5) is 17.4. The lowest BCUT2D eigenvalue weighted by Crippen LogP contribution is -2.05. The van der Waals surface area contributed by atoms with E-state index in [9.17, 15) is 4.79 Å². The molecule has 0 saturated heterocycles. The van der Waals surface area contributed by atoms with Crippen LogP contribution in [0.3, 0.4) is 0 Å². The molecule has 4 rings (SSSR count). The summed E-state index contributed by atoms with van der Waals surface area (Å²) >= 11 is 1.23. The lowest BCUT2D eigenvalue weighted by atomic mass is 10.0. The van der Waals surface area contributed by atoms with Gasteiger partial charge >= 0.3 is 0 Å². The zero-order chi connectivity index (χ0) is 23.9. The molecule has 172 valence electrons. The fourth-order valence-corrected chi connectivity index (χ4v) is 4.09. The van der Waals surface area contributed by atoms with Crippen molar-refractivity contribution in [1.29, 1.82) is 0 Å². The van der Waals surface area contributed by atoms with Crippen molar-refractivity contribution in [1.82, 2.24) is 15.2 Å². The molecule has 0 bridgehead atoms. The summed E-state index contributed by atoms with van der Waals surface area (Å²) in [6.45, 7) is 0. The van der Waals surface area contributed by atoms with E-state index in [0.717, 1.165) is 11.1 Å². The summed E-state index contributed by atoms with van der Waals surface area (Å²) < 4.78 is 16.3. The maximum atomic E-state index is 12.7. The Hall–Kier alpha value is -3.91. The molecule has 7 nitrogen and oxygen atoms in total. The Bertz CT molecular complexity index is 1300. The van der Waals surface area contributed by atoms with Crippen molar-refractivity contribution < 1.29 is 19.0 Å². The van der Waals surface area contributed by atoms with Crippen molar-refractivity contribution >= 4 is 17.5 Å². The number of benzene rings is 3. The van der Waals surface area contributed by atoms with Crippen molar-refractivity contribution in [3.63, 3.8) is 0 Å². The second kappa shape index (κ2) is 10.8. The summed E-state index contributed by atoms with van der Waals surface area (Å²) in [6, 6.07) is 22.1. The predicted octanol–water partition coefficient (Wildman–Crippen LogP) is 5.21. The molecular formula is C26H23N3O4S. The molecule has 34 heavy (non-hydrogen) atoms.